The highest BCUT2D eigenvalue weighted by Crippen LogP contribution is 2.67. The van der Waals surface area contributed by atoms with Crippen LogP contribution >= 0.6 is 0 Å². The van der Waals surface area contributed by atoms with Crippen molar-refractivity contribution < 1.29 is 9.53 Å². The third-order valence-corrected chi connectivity index (χ3v) is 4.96. The number of hydrogen-bond donors (Lipinski definition) is 2. The van der Waals surface area contributed by atoms with E-state index in [-0.39, 0.29) is 11.5 Å². The molecular formula is C18H26N2O2. The third kappa shape index (κ3) is 2.98. The van der Waals surface area contributed by atoms with Crippen LogP contribution in [-0.2, 0) is 11.2 Å². The number of rotatable bonds is 4. The molecule has 1 aromatic rings. The second kappa shape index (κ2) is 5.27. The van der Waals surface area contributed by atoms with E-state index in [9.17, 15) is 4.79 Å². The first-order valence-electron chi connectivity index (χ1n) is 8.06. The minimum absolute atomic E-state index is 0.194. The Balaban J connectivity index is 1.59. The minimum atomic E-state index is -0.444. The van der Waals surface area contributed by atoms with Gasteiger partial charge in [0.05, 0.1) is 0 Å². The monoisotopic (exact) mass is 302 g/mol. The van der Waals surface area contributed by atoms with Crippen molar-refractivity contribution in [2.45, 2.75) is 39.2 Å². The molecule has 1 saturated heterocycles. The number of nitrogens with one attached hydrogen (secondary N) is 2. The van der Waals surface area contributed by atoms with Gasteiger partial charge in [0.15, 0.2) is 0 Å². The van der Waals surface area contributed by atoms with Crippen LogP contribution in [0.5, 0.6) is 0 Å². The maximum Gasteiger partial charge on any atom is 0.407 e. The fourth-order valence-electron chi connectivity index (χ4n) is 3.81. The molecule has 0 bridgehead atoms. The largest absolute Gasteiger partial charge is 0.444 e. The number of benzene rings is 1. The van der Waals surface area contributed by atoms with E-state index in [4.69, 9.17) is 4.74 Å². The summed E-state index contributed by atoms with van der Waals surface area (Å²) in [5, 5.41) is 6.48. The van der Waals surface area contributed by atoms with Crippen LogP contribution in [0.1, 0.15) is 32.8 Å². The highest BCUT2D eigenvalue weighted by molar-refractivity contribution is 5.67. The molecular weight excluding hydrogens is 276 g/mol. The molecule has 1 amide bonds. The molecule has 4 nitrogen and oxygen atoms in total. The van der Waals surface area contributed by atoms with E-state index >= 15 is 0 Å². The van der Waals surface area contributed by atoms with E-state index in [1.54, 1.807) is 0 Å². The second-order valence-corrected chi connectivity index (χ2v) is 7.86. The summed E-state index contributed by atoms with van der Waals surface area (Å²) in [6, 6.07) is 10.6. The van der Waals surface area contributed by atoms with Gasteiger partial charge in [-0.3, -0.25) is 0 Å². The van der Waals surface area contributed by atoms with Gasteiger partial charge in [-0.15, -0.1) is 0 Å². The molecule has 1 aliphatic carbocycles. The van der Waals surface area contributed by atoms with Crippen molar-refractivity contribution in [3.8, 4) is 0 Å². The van der Waals surface area contributed by atoms with Crippen LogP contribution in [0, 0.1) is 10.8 Å². The Morgan fingerprint density at radius 2 is 1.91 bits per heavy atom. The number of fused-ring (bicyclic) bond motifs is 1. The Morgan fingerprint density at radius 1 is 1.23 bits per heavy atom. The van der Waals surface area contributed by atoms with Crippen LogP contribution in [0.15, 0.2) is 30.3 Å². The number of hydrogen-bond acceptors (Lipinski definition) is 3. The van der Waals surface area contributed by atoms with Gasteiger partial charge in [-0.05, 0) is 44.6 Å². The van der Waals surface area contributed by atoms with Crippen LogP contribution in [0.2, 0.25) is 0 Å². The van der Waals surface area contributed by atoms with Gasteiger partial charge in [0.2, 0.25) is 0 Å². The number of piperidine rings is 1. The topological polar surface area (TPSA) is 50.4 Å². The lowest BCUT2D eigenvalue weighted by Gasteiger charge is -2.22. The Morgan fingerprint density at radius 3 is 2.59 bits per heavy atom. The Hall–Kier alpha value is -1.55. The number of alkyl carbamates (subject to hydrolysis) is 1. The first-order valence-corrected chi connectivity index (χ1v) is 8.06. The molecule has 1 aromatic carbocycles. The first-order chi connectivity index (χ1) is 10.3. The van der Waals surface area contributed by atoms with Crippen molar-refractivity contribution in [3.05, 3.63) is 35.9 Å². The van der Waals surface area contributed by atoms with E-state index < -0.39 is 5.60 Å². The molecule has 2 aliphatic rings. The summed E-state index contributed by atoms with van der Waals surface area (Å²) in [5.41, 5.74) is 1.43. The predicted octanol–water partition coefficient (Wildman–Crippen LogP) is 2.73. The molecule has 1 saturated carbocycles. The van der Waals surface area contributed by atoms with Crippen molar-refractivity contribution >= 4 is 6.09 Å². The van der Waals surface area contributed by atoms with Crippen molar-refractivity contribution in [1.29, 1.82) is 0 Å². The number of carbonyl (C=O) groups is 1. The van der Waals surface area contributed by atoms with Gasteiger partial charge in [-0.25, -0.2) is 4.79 Å². The summed E-state index contributed by atoms with van der Waals surface area (Å²) in [4.78, 5) is 11.9. The first kappa shape index (κ1) is 15.3. The summed E-state index contributed by atoms with van der Waals surface area (Å²) in [7, 11) is 0. The van der Waals surface area contributed by atoms with Crippen molar-refractivity contribution in [3.63, 3.8) is 0 Å². The lowest BCUT2D eigenvalue weighted by atomic mass is 9.89. The zero-order valence-electron chi connectivity index (χ0n) is 13.7. The van der Waals surface area contributed by atoms with E-state index in [0.717, 1.165) is 19.5 Å². The molecule has 2 N–H and O–H groups in total. The second-order valence-electron chi connectivity index (χ2n) is 7.86. The molecule has 4 heteroatoms. The summed E-state index contributed by atoms with van der Waals surface area (Å²) in [5.74, 6) is 0. The van der Waals surface area contributed by atoms with Gasteiger partial charge in [-0.1, -0.05) is 30.3 Å². The molecule has 2 fully saturated rings. The van der Waals surface area contributed by atoms with E-state index in [2.05, 4.69) is 41.0 Å². The van der Waals surface area contributed by atoms with Gasteiger partial charge in [-0.2, -0.15) is 0 Å². The Bertz CT molecular complexity index is 552. The highest BCUT2D eigenvalue weighted by Gasteiger charge is 2.69. The Labute approximate surface area is 132 Å². The van der Waals surface area contributed by atoms with Crippen LogP contribution in [0.25, 0.3) is 0 Å². The molecule has 120 valence electrons. The maximum atomic E-state index is 11.9. The Kier molecular flexibility index (Phi) is 3.68. The molecule has 2 unspecified atom stereocenters. The molecule has 0 spiro atoms. The fraction of sp³-hybridized carbons (Fsp3) is 0.611. The summed E-state index contributed by atoms with van der Waals surface area (Å²) < 4.78 is 5.34. The van der Waals surface area contributed by atoms with Gasteiger partial charge in [0.1, 0.15) is 5.60 Å². The smallest absolute Gasteiger partial charge is 0.407 e. The van der Waals surface area contributed by atoms with E-state index in [0.29, 0.717) is 12.0 Å². The normalized spacial score (nSPS) is 29.8. The molecule has 3 rings (SSSR count). The summed E-state index contributed by atoms with van der Waals surface area (Å²) >= 11 is 0. The van der Waals surface area contributed by atoms with Crippen LogP contribution < -0.4 is 10.6 Å². The minimum Gasteiger partial charge on any atom is -0.444 e. The highest BCUT2D eigenvalue weighted by atomic mass is 16.6. The quantitative estimate of drug-likeness (QED) is 0.899. The van der Waals surface area contributed by atoms with Crippen LogP contribution in [-0.4, -0.2) is 31.3 Å². The van der Waals surface area contributed by atoms with Crippen molar-refractivity contribution in [1.82, 2.24) is 10.6 Å². The lowest BCUT2D eigenvalue weighted by molar-refractivity contribution is 0.0514. The molecule has 22 heavy (non-hydrogen) atoms. The van der Waals surface area contributed by atoms with E-state index in [1.165, 1.54) is 12.0 Å². The van der Waals surface area contributed by atoms with Gasteiger partial charge in [0.25, 0.3) is 0 Å². The lowest BCUT2D eigenvalue weighted by Crippen LogP contribution is -2.38. The van der Waals surface area contributed by atoms with Gasteiger partial charge >= 0.3 is 6.09 Å². The van der Waals surface area contributed by atoms with Crippen LogP contribution in [0.3, 0.4) is 0 Å². The summed E-state index contributed by atoms with van der Waals surface area (Å²) in [6.45, 7) is 8.38. The molecule has 0 aromatic heterocycles. The molecule has 2 atom stereocenters. The molecule has 0 radical (unpaired) electrons. The maximum absolute atomic E-state index is 11.9. The van der Waals surface area contributed by atoms with Crippen LogP contribution in [0.4, 0.5) is 4.79 Å². The zero-order chi connectivity index (χ0) is 15.8. The molecule has 1 heterocycles. The zero-order valence-corrected chi connectivity index (χ0v) is 13.7. The predicted molar refractivity (Wildman–Crippen MR) is 86.7 cm³/mol. The number of amides is 1. The third-order valence-electron chi connectivity index (χ3n) is 4.96. The van der Waals surface area contributed by atoms with E-state index in [1.807, 2.05) is 20.8 Å². The number of ether oxygens (including phenoxy) is 1. The van der Waals surface area contributed by atoms with Gasteiger partial charge < -0.3 is 15.4 Å². The van der Waals surface area contributed by atoms with Crippen molar-refractivity contribution in [2.24, 2.45) is 10.8 Å². The SMILES string of the molecule is CC(C)(C)OC(=O)NCC12CNCC1(Cc1ccccc1)C2. The average molecular weight is 302 g/mol. The standard InChI is InChI=1S/C18H26N2O2/c1-16(2,3)22-15(21)20-13-18-10-17(18,11-19-12-18)9-14-7-5-4-6-8-14/h4-8,19H,9-13H2,1-3H3,(H,20,21). The average Bonchev–Trinajstić information content (AvgIpc) is 2.91. The number of carbonyl (C=O) groups excluding carboxylic acids is 1. The van der Waals surface area contributed by atoms with Crippen molar-refractivity contribution in [2.75, 3.05) is 19.6 Å². The fourth-order valence-corrected chi connectivity index (χ4v) is 3.81. The molecule has 1 aliphatic heterocycles. The summed E-state index contributed by atoms with van der Waals surface area (Å²) in [6.07, 6.45) is 1.95. The van der Waals surface area contributed by atoms with Gasteiger partial charge in [0, 0.05) is 25.0 Å².